The molecular weight excluding hydrogens is 364 g/mol. The van der Waals surface area contributed by atoms with E-state index in [4.69, 9.17) is 0 Å². The molecule has 0 bridgehead atoms. The molecule has 27 heavy (non-hydrogen) atoms. The molecule has 0 saturated carbocycles. The van der Waals surface area contributed by atoms with Crippen molar-refractivity contribution in [2.45, 2.75) is 30.2 Å². The van der Waals surface area contributed by atoms with Crippen molar-refractivity contribution < 1.29 is 18.0 Å². The summed E-state index contributed by atoms with van der Waals surface area (Å²) in [4.78, 5) is 24.0. The first kappa shape index (κ1) is 17.5. The Kier molecular flexibility index (Phi) is 4.31. The maximum atomic E-state index is 13.1. The van der Waals surface area contributed by atoms with Crippen LogP contribution in [0.4, 0.5) is 0 Å². The third-order valence-corrected chi connectivity index (χ3v) is 6.49. The average Bonchev–Trinajstić information content (AvgIpc) is 3.05. The van der Waals surface area contributed by atoms with Gasteiger partial charge in [0.25, 0.3) is 10.0 Å². The lowest BCUT2D eigenvalue weighted by atomic mass is 9.96. The fourth-order valence-electron chi connectivity index (χ4n) is 3.43. The first-order chi connectivity index (χ1) is 13.0. The lowest BCUT2D eigenvalue weighted by molar-refractivity contribution is -0.132. The molecule has 2 heterocycles. The van der Waals surface area contributed by atoms with Gasteiger partial charge in [-0.3, -0.25) is 9.59 Å². The zero-order valence-electron chi connectivity index (χ0n) is 14.5. The number of nitrogens with one attached hydrogen (secondary N) is 1. The van der Waals surface area contributed by atoms with Crippen LogP contribution in [0.3, 0.4) is 0 Å². The molecule has 1 amide bonds. The van der Waals surface area contributed by atoms with Gasteiger partial charge in [-0.15, -0.1) is 0 Å². The number of nitrogens with zero attached hydrogens (tertiary/aromatic N) is 1. The largest absolute Gasteiger partial charge is 0.346 e. The number of rotatable bonds is 4. The van der Waals surface area contributed by atoms with Crippen molar-refractivity contribution in [3.8, 4) is 0 Å². The van der Waals surface area contributed by atoms with Gasteiger partial charge in [0.05, 0.1) is 16.5 Å². The summed E-state index contributed by atoms with van der Waals surface area (Å²) < 4.78 is 27.4. The Morgan fingerprint density at radius 1 is 0.963 bits per heavy atom. The van der Waals surface area contributed by atoms with Crippen LogP contribution in [0.5, 0.6) is 0 Å². The highest BCUT2D eigenvalue weighted by molar-refractivity contribution is 7.90. The average molecular weight is 382 g/mol. The van der Waals surface area contributed by atoms with Gasteiger partial charge in [0, 0.05) is 30.8 Å². The molecule has 1 aromatic heterocycles. The van der Waals surface area contributed by atoms with Crippen molar-refractivity contribution in [1.82, 2.24) is 9.29 Å². The lowest BCUT2D eigenvalue weighted by Crippen LogP contribution is -2.46. The maximum absolute atomic E-state index is 13.1. The van der Waals surface area contributed by atoms with Crippen molar-refractivity contribution in [3.05, 3.63) is 66.4 Å². The zero-order valence-corrected chi connectivity index (χ0v) is 15.3. The van der Waals surface area contributed by atoms with Crippen LogP contribution < -0.4 is 5.32 Å². The van der Waals surface area contributed by atoms with Gasteiger partial charge >= 0.3 is 0 Å². The van der Waals surface area contributed by atoms with Crippen LogP contribution in [0, 0.1) is 0 Å². The van der Waals surface area contributed by atoms with Gasteiger partial charge in [-0.1, -0.05) is 36.4 Å². The molecule has 2 aromatic carbocycles. The Balaban J connectivity index is 1.80. The van der Waals surface area contributed by atoms with E-state index in [1.165, 1.54) is 3.97 Å². The number of hydrogen-bond donors (Lipinski definition) is 1. The monoisotopic (exact) mass is 382 g/mol. The molecule has 138 valence electrons. The summed E-state index contributed by atoms with van der Waals surface area (Å²) in [6.07, 6.45) is 2.25. The molecule has 3 aromatic rings. The number of hydrogen-bond acceptors (Lipinski definition) is 4. The minimum atomic E-state index is -3.77. The summed E-state index contributed by atoms with van der Waals surface area (Å²) in [5.74, 6) is -0.183. The SMILES string of the molecule is O=C1CCC(=O)[C@H](Cc2cn(S(=O)(=O)c3ccccc3)c3ccccc23)N1. The second kappa shape index (κ2) is 6.66. The standard InChI is InChI=1S/C20H18N2O4S/c23-19-10-11-20(24)21-17(19)12-14-13-22(18-9-5-4-8-16(14)18)27(25,26)15-6-2-1-3-7-15/h1-9,13,17H,10-12H2,(H,21,24)/t17-/m0/s1. The minimum absolute atomic E-state index is 0.0302. The van der Waals surface area contributed by atoms with Crippen molar-refractivity contribution >= 4 is 32.6 Å². The van der Waals surface area contributed by atoms with E-state index in [0.717, 1.165) is 5.39 Å². The summed E-state index contributed by atoms with van der Waals surface area (Å²) in [5, 5.41) is 3.47. The van der Waals surface area contributed by atoms with Gasteiger partial charge < -0.3 is 5.32 Å². The van der Waals surface area contributed by atoms with Gasteiger partial charge in [-0.25, -0.2) is 12.4 Å². The first-order valence-electron chi connectivity index (χ1n) is 8.68. The lowest BCUT2D eigenvalue weighted by Gasteiger charge is -2.21. The predicted octanol–water partition coefficient (Wildman–Crippen LogP) is 2.27. The van der Waals surface area contributed by atoms with E-state index in [2.05, 4.69) is 5.32 Å². The Hall–Kier alpha value is -2.93. The number of amides is 1. The smallest absolute Gasteiger partial charge is 0.268 e. The molecule has 4 rings (SSSR count). The third-order valence-electron chi connectivity index (χ3n) is 4.81. The number of carbonyl (C=O) groups excluding carboxylic acids is 2. The number of ketones is 1. The normalized spacial score (nSPS) is 17.9. The molecule has 1 aliphatic heterocycles. The summed E-state index contributed by atoms with van der Waals surface area (Å²) in [7, 11) is -3.77. The summed E-state index contributed by atoms with van der Waals surface area (Å²) in [6, 6.07) is 14.8. The van der Waals surface area contributed by atoms with Gasteiger partial charge in [0.2, 0.25) is 5.91 Å². The van der Waals surface area contributed by atoms with E-state index in [1.807, 2.05) is 12.1 Å². The molecule has 1 aliphatic rings. The fourth-order valence-corrected chi connectivity index (χ4v) is 4.84. The molecule has 0 radical (unpaired) electrons. The Morgan fingerprint density at radius 2 is 1.67 bits per heavy atom. The van der Waals surface area contributed by atoms with Crippen LogP contribution in [0.1, 0.15) is 18.4 Å². The number of para-hydroxylation sites is 1. The van der Waals surface area contributed by atoms with Crippen molar-refractivity contribution in [3.63, 3.8) is 0 Å². The van der Waals surface area contributed by atoms with Crippen LogP contribution in [0.15, 0.2) is 65.7 Å². The minimum Gasteiger partial charge on any atom is -0.346 e. The molecule has 0 spiro atoms. The van der Waals surface area contributed by atoms with Crippen LogP contribution in [-0.4, -0.2) is 30.1 Å². The Bertz CT molecular complexity index is 1130. The molecule has 1 fully saturated rings. The highest BCUT2D eigenvalue weighted by atomic mass is 32.2. The van der Waals surface area contributed by atoms with Crippen LogP contribution in [0.2, 0.25) is 0 Å². The maximum Gasteiger partial charge on any atom is 0.268 e. The van der Waals surface area contributed by atoms with Crippen LogP contribution in [-0.2, 0) is 26.0 Å². The van der Waals surface area contributed by atoms with Crippen molar-refractivity contribution in [2.24, 2.45) is 0 Å². The highest BCUT2D eigenvalue weighted by Crippen LogP contribution is 2.27. The van der Waals surface area contributed by atoms with Crippen LogP contribution in [0.25, 0.3) is 10.9 Å². The Labute approximate surface area is 156 Å². The molecule has 0 aliphatic carbocycles. The predicted molar refractivity (Wildman–Crippen MR) is 101 cm³/mol. The number of carbonyl (C=O) groups is 2. The van der Waals surface area contributed by atoms with E-state index < -0.39 is 16.1 Å². The molecule has 0 unspecified atom stereocenters. The fraction of sp³-hybridized carbons (Fsp3) is 0.200. The summed E-state index contributed by atoms with van der Waals surface area (Å²) in [5.41, 5.74) is 1.26. The number of Topliss-reactive ketones (excluding diaryl/α,β-unsaturated/α-hetero) is 1. The van der Waals surface area contributed by atoms with E-state index in [9.17, 15) is 18.0 Å². The van der Waals surface area contributed by atoms with Gasteiger partial charge in [-0.2, -0.15) is 0 Å². The summed E-state index contributed by atoms with van der Waals surface area (Å²) >= 11 is 0. The Morgan fingerprint density at radius 3 is 2.44 bits per heavy atom. The molecule has 6 nitrogen and oxygen atoms in total. The quantitative estimate of drug-likeness (QED) is 0.750. The number of fused-ring (bicyclic) bond motifs is 1. The number of benzene rings is 2. The van der Waals surface area contributed by atoms with E-state index in [-0.39, 0.29) is 35.8 Å². The molecule has 1 atom stereocenters. The summed E-state index contributed by atoms with van der Waals surface area (Å²) in [6.45, 7) is 0. The van der Waals surface area contributed by atoms with E-state index in [0.29, 0.717) is 11.1 Å². The number of aromatic nitrogens is 1. The van der Waals surface area contributed by atoms with Crippen molar-refractivity contribution in [2.75, 3.05) is 0 Å². The van der Waals surface area contributed by atoms with Gasteiger partial charge in [-0.05, 0) is 23.8 Å². The van der Waals surface area contributed by atoms with Crippen LogP contribution >= 0.6 is 0 Å². The highest BCUT2D eigenvalue weighted by Gasteiger charge is 2.28. The number of piperidine rings is 1. The molecule has 7 heteroatoms. The van der Waals surface area contributed by atoms with Crippen molar-refractivity contribution in [1.29, 1.82) is 0 Å². The molecule has 1 N–H and O–H groups in total. The second-order valence-corrected chi connectivity index (χ2v) is 8.39. The van der Waals surface area contributed by atoms with Gasteiger partial charge in [0.15, 0.2) is 5.78 Å². The molecular formula is C20H18N2O4S. The molecule has 1 saturated heterocycles. The zero-order chi connectivity index (χ0) is 19.0. The van der Waals surface area contributed by atoms with E-state index >= 15 is 0 Å². The first-order valence-corrected chi connectivity index (χ1v) is 10.1. The van der Waals surface area contributed by atoms with Gasteiger partial charge in [0.1, 0.15) is 0 Å². The topological polar surface area (TPSA) is 85.2 Å². The van der Waals surface area contributed by atoms with E-state index in [1.54, 1.807) is 48.7 Å². The third kappa shape index (κ3) is 3.14. The second-order valence-electron chi connectivity index (χ2n) is 6.58.